The Morgan fingerprint density at radius 3 is 2.35 bits per heavy atom. The van der Waals surface area contributed by atoms with Crippen molar-refractivity contribution in [2.24, 2.45) is 5.92 Å². The quantitative estimate of drug-likeness (QED) is 0.413. The Labute approximate surface area is 202 Å². The largest absolute Gasteiger partial charge is 0.493 e. The van der Waals surface area contributed by atoms with Crippen molar-refractivity contribution in [1.29, 1.82) is 0 Å². The molecule has 0 saturated carbocycles. The van der Waals surface area contributed by atoms with E-state index < -0.39 is 22.9 Å². The van der Waals surface area contributed by atoms with Gasteiger partial charge < -0.3 is 14.8 Å². The zero-order valence-electron chi connectivity index (χ0n) is 19.6. The van der Waals surface area contributed by atoms with Gasteiger partial charge in [0.05, 0.1) is 24.7 Å². The highest BCUT2D eigenvalue weighted by Crippen LogP contribution is 2.28. The van der Waals surface area contributed by atoms with Gasteiger partial charge in [0.15, 0.2) is 11.5 Å². The summed E-state index contributed by atoms with van der Waals surface area (Å²) < 4.78 is 23.9. The van der Waals surface area contributed by atoms with Crippen LogP contribution in [-0.2, 0) is 9.59 Å². The normalized spacial score (nSPS) is 11.5. The molecule has 0 bridgehead atoms. The SMILES string of the molecule is COc1cc(C(=O)NNC(=O)C(C)SCC(=O)Nc2ccc(F)cc2)ccc1OCCC(C)C. The topological polar surface area (TPSA) is 106 Å². The number of hydrogen-bond acceptors (Lipinski definition) is 6. The summed E-state index contributed by atoms with van der Waals surface area (Å²) in [5.74, 6) is -0.252. The van der Waals surface area contributed by atoms with Gasteiger partial charge in [0, 0.05) is 11.3 Å². The van der Waals surface area contributed by atoms with Crippen LogP contribution in [0.1, 0.15) is 37.6 Å². The van der Waals surface area contributed by atoms with E-state index in [1.807, 2.05) is 0 Å². The number of carbonyl (C=O) groups excluding carboxylic acids is 3. The fraction of sp³-hybridized carbons (Fsp3) is 0.375. The van der Waals surface area contributed by atoms with Gasteiger partial charge >= 0.3 is 0 Å². The summed E-state index contributed by atoms with van der Waals surface area (Å²) in [6.45, 7) is 6.35. The van der Waals surface area contributed by atoms with E-state index in [1.54, 1.807) is 19.1 Å². The van der Waals surface area contributed by atoms with Crippen LogP contribution in [-0.4, -0.2) is 42.4 Å². The maximum atomic E-state index is 12.9. The zero-order chi connectivity index (χ0) is 25.1. The van der Waals surface area contributed by atoms with Crippen molar-refractivity contribution >= 4 is 35.2 Å². The number of hydrogen-bond donors (Lipinski definition) is 3. The summed E-state index contributed by atoms with van der Waals surface area (Å²) in [4.78, 5) is 36.7. The number of anilines is 1. The minimum atomic E-state index is -0.606. The molecule has 8 nitrogen and oxygen atoms in total. The molecule has 0 saturated heterocycles. The third kappa shape index (κ3) is 8.93. The number of ether oxygens (including phenoxy) is 2. The number of rotatable bonds is 11. The molecule has 0 heterocycles. The molecule has 0 radical (unpaired) electrons. The van der Waals surface area contributed by atoms with Crippen molar-refractivity contribution in [3.63, 3.8) is 0 Å². The summed E-state index contributed by atoms with van der Waals surface area (Å²) in [6, 6.07) is 10.1. The number of hydrazine groups is 1. The van der Waals surface area contributed by atoms with Crippen molar-refractivity contribution in [3.8, 4) is 11.5 Å². The van der Waals surface area contributed by atoms with Gasteiger partial charge in [-0.3, -0.25) is 25.2 Å². The van der Waals surface area contributed by atoms with E-state index in [-0.39, 0.29) is 17.2 Å². The maximum absolute atomic E-state index is 12.9. The van der Waals surface area contributed by atoms with E-state index in [2.05, 4.69) is 30.0 Å². The highest BCUT2D eigenvalue weighted by atomic mass is 32.2. The van der Waals surface area contributed by atoms with Crippen LogP contribution >= 0.6 is 11.8 Å². The van der Waals surface area contributed by atoms with Crippen LogP contribution in [0, 0.1) is 11.7 Å². The molecule has 184 valence electrons. The molecule has 2 rings (SSSR count). The standard InChI is InChI=1S/C24H30FN3O5S/c1-15(2)11-12-33-20-10-5-17(13-21(20)32-4)24(31)28-27-23(30)16(3)34-14-22(29)26-19-8-6-18(25)7-9-19/h5-10,13,15-16H,11-12,14H2,1-4H3,(H,26,29)(H,27,30)(H,28,31). The average molecular weight is 492 g/mol. The number of amides is 3. The average Bonchev–Trinajstić information content (AvgIpc) is 2.82. The van der Waals surface area contributed by atoms with Crippen molar-refractivity contribution in [2.45, 2.75) is 32.4 Å². The van der Waals surface area contributed by atoms with Gasteiger partial charge in [0.1, 0.15) is 5.82 Å². The Morgan fingerprint density at radius 2 is 1.71 bits per heavy atom. The lowest BCUT2D eigenvalue weighted by Crippen LogP contribution is -2.45. The summed E-state index contributed by atoms with van der Waals surface area (Å²) in [5.41, 5.74) is 5.46. The molecular formula is C24H30FN3O5S. The van der Waals surface area contributed by atoms with Crippen molar-refractivity contribution in [1.82, 2.24) is 10.9 Å². The lowest BCUT2D eigenvalue weighted by Gasteiger charge is -2.14. The van der Waals surface area contributed by atoms with Gasteiger partial charge in [-0.05, 0) is 61.7 Å². The maximum Gasteiger partial charge on any atom is 0.269 e. The molecule has 0 aromatic heterocycles. The first kappa shape index (κ1) is 27.0. The third-order valence-electron chi connectivity index (χ3n) is 4.64. The van der Waals surface area contributed by atoms with Crippen LogP contribution in [0.5, 0.6) is 11.5 Å². The minimum Gasteiger partial charge on any atom is -0.493 e. The monoisotopic (exact) mass is 491 g/mol. The second-order valence-electron chi connectivity index (χ2n) is 7.85. The fourth-order valence-corrected chi connectivity index (χ4v) is 3.32. The van der Waals surface area contributed by atoms with Gasteiger partial charge in [0.25, 0.3) is 11.8 Å². The number of methoxy groups -OCH3 is 1. The molecular weight excluding hydrogens is 461 g/mol. The lowest BCUT2D eigenvalue weighted by atomic mass is 10.1. The first-order valence-electron chi connectivity index (χ1n) is 10.8. The first-order chi connectivity index (χ1) is 16.2. The van der Waals surface area contributed by atoms with Gasteiger partial charge in [-0.25, -0.2) is 4.39 Å². The molecule has 34 heavy (non-hydrogen) atoms. The van der Waals surface area contributed by atoms with E-state index >= 15 is 0 Å². The Morgan fingerprint density at radius 1 is 1.00 bits per heavy atom. The van der Waals surface area contributed by atoms with Gasteiger partial charge in [-0.2, -0.15) is 0 Å². The third-order valence-corrected chi connectivity index (χ3v) is 5.78. The molecule has 0 aliphatic carbocycles. The Bertz CT molecular complexity index is 985. The number of benzene rings is 2. The van der Waals surface area contributed by atoms with E-state index in [9.17, 15) is 18.8 Å². The van der Waals surface area contributed by atoms with E-state index in [4.69, 9.17) is 9.47 Å². The highest BCUT2D eigenvalue weighted by Gasteiger charge is 2.17. The van der Waals surface area contributed by atoms with Crippen molar-refractivity contribution < 1.29 is 28.2 Å². The number of halogens is 1. The molecule has 3 N–H and O–H groups in total. The van der Waals surface area contributed by atoms with Gasteiger partial charge in [0.2, 0.25) is 5.91 Å². The van der Waals surface area contributed by atoms with Crippen LogP contribution in [0.2, 0.25) is 0 Å². The molecule has 3 amide bonds. The van der Waals surface area contributed by atoms with E-state index in [0.717, 1.165) is 18.2 Å². The fourth-order valence-electron chi connectivity index (χ4n) is 2.63. The predicted molar refractivity (Wildman–Crippen MR) is 131 cm³/mol. The number of carbonyl (C=O) groups is 3. The molecule has 0 spiro atoms. The summed E-state index contributed by atoms with van der Waals surface area (Å²) >= 11 is 1.09. The molecule has 2 aromatic rings. The minimum absolute atomic E-state index is 0.00931. The van der Waals surface area contributed by atoms with Gasteiger partial charge in [-0.15, -0.1) is 11.8 Å². The summed E-state index contributed by atoms with van der Waals surface area (Å²) in [6.07, 6.45) is 0.890. The van der Waals surface area contributed by atoms with Crippen molar-refractivity contribution in [3.05, 3.63) is 53.8 Å². The smallest absolute Gasteiger partial charge is 0.269 e. The summed E-state index contributed by atoms with van der Waals surface area (Å²) in [5, 5.41) is 2.01. The molecule has 1 unspecified atom stereocenters. The van der Waals surface area contributed by atoms with Crippen LogP contribution in [0.25, 0.3) is 0 Å². The van der Waals surface area contributed by atoms with Crippen molar-refractivity contribution in [2.75, 3.05) is 24.8 Å². The second-order valence-corrected chi connectivity index (χ2v) is 9.18. The molecule has 1 atom stereocenters. The number of thioether (sulfide) groups is 1. The van der Waals surface area contributed by atoms with Crippen LogP contribution in [0.3, 0.4) is 0 Å². The van der Waals surface area contributed by atoms with Gasteiger partial charge in [-0.1, -0.05) is 13.8 Å². The number of nitrogens with one attached hydrogen (secondary N) is 3. The molecule has 2 aromatic carbocycles. The second kappa shape index (κ2) is 13.4. The molecule has 10 heteroatoms. The first-order valence-corrected chi connectivity index (χ1v) is 11.8. The zero-order valence-corrected chi connectivity index (χ0v) is 20.5. The molecule has 0 fully saturated rings. The lowest BCUT2D eigenvalue weighted by molar-refractivity contribution is -0.121. The predicted octanol–water partition coefficient (Wildman–Crippen LogP) is 3.78. The summed E-state index contributed by atoms with van der Waals surface area (Å²) in [7, 11) is 1.49. The molecule has 0 aliphatic heterocycles. The van der Waals surface area contributed by atoms with E-state index in [1.165, 1.54) is 37.4 Å². The van der Waals surface area contributed by atoms with Crippen LogP contribution in [0.4, 0.5) is 10.1 Å². The Kier molecular flexibility index (Phi) is 10.7. The Hall–Kier alpha value is -3.27. The highest BCUT2D eigenvalue weighted by molar-refractivity contribution is 8.01. The van der Waals surface area contributed by atoms with Crippen LogP contribution in [0.15, 0.2) is 42.5 Å². The molecule has 0 aliphatic rings. The Balaban J connectivity index is 1.80. The van der Waals surface area contributed by atoms with E-state index in [0.29, 0.717) is 29.7 Å². The van der Waals surface area contributed by atoms with Crippen LogP contribution < -0.4 is 25.6 Å².